The summed E-state index contributed by atoms with van der Waals surface area (Å²) in [5.74, 6) is -0.169. The van der Waals surface area contributed by atoms with Crippen LogP contribution in [0.1, 0.15) is 30.1 Å². The number of hydrogen-bond acceptors (Lipinski definition) is 3. The number of nitrogens with one attached hydrogen (secondary N) is 1. The van der Waals surface area contributed by atoms with Crippen molar-refractivity contribution in [3.8, 4) is 0 Å². The molecule has 5 heteroatoms. The highest BCUT2D eigenvalue weighted by molar-refractivity contribution is 6.31. The molecule has 0 aliphatic heterocycles. The summed E-state index contributed by atoms with van der Waals surface area (Å²) in [7, 11) is 0. The van der Waals surface area contributed by atoms with Crippen molar-refractivity contribution < 1.29 is 14.3 Å². The molecule has 2 aliphatic carbocycles. The Kier molecular flexibility index (Phi) is 5.23. The van der Waals surface area contributed by atoms with Gasteiger partial charge < -0.3 is 10.1 Å². The third-order valence-corrected chi connectivity index (χ3v) is 6.00. The van der Waals surface area contributed by atoms with Crippen molar-refractivity contribution in [3.63, 3.8) is 0 Å². The first-order chi connectivity index (χ1) is 13.5. The van der Waals surface area contributed by atoms with Gasteiger partial charge in [0.05, 0.1) is 5.92 Å². The second-order valence-corrected chi connectivity index (χ2v) is 7.97. The van der Waals surface area contributed by atoms with Gasteiger partial charge in [-0.2, -0.15) is 0 Å². The Bertz CT molecular complexity index is 925. The molecular formula is C23H22ClNO3. The lowest BCUT2D eigenvalue weighted by Gasteiger charge is -2.22. The molecule has 0 heterocycles. The van der Waals surface area contributed by atoms with Crippen molar-refractivity contribution in [2.45, 2.75) is 25.9 Å². The summed E-state index contributed by atoms with van der Waals surface area (Å²) in [6.45, 7) is 1.90. The molecule has 1 saturated carbocycles. The van der Waals surface area contributed by atoms with E-state index in [0.29, 0.717) is 22.2 Å². The van der Waals surface area contributed by atoms with E-state index < -0.39 is 12.0 Å². The lowest BCUT2D eigenvalue weighted by Crippen LogP contribution is -2.30. The fourth-order valence-corrected chi connectivity index (χ4v) is 4.22. The van der Waals surface area contributed by atoms with Crippen molar-refractivity contribution in [1.82, 2.24) is 0 Å². The van der Waals surface area contributed by atoms with Crippen molar-refractivity contribution in [2.75, 3.05) is 5.32 Å². The molecule has 2 bridgehead atoms. The minimum Gasteiger partial charge on any atom is -0.447 e. The quantitative estimate of drug-likeness (QED) is 0.567. The summed E-state index contributed by atoms with van der Waals surface area (Å²) in [4.78, 5) is 25.8. The van der Waals surface area contributed by atoms with Gasteiger partial charge in [0.1, 0.15) is 0 Å². The first-order valence-electron chi connectivity index (χ1n) is 9.52. The second kappa shape index (κ2) is 7.80. The van der Waals surface area contributed by atoms with Crippen LogP contribution in [0.2, 0.25) is 5.02 Å². The van der Waals surface area contributed by atoms with E-state index in [1.807, 2.05) is 31.2 Å². The molecule has 28 heavy (non-hydrogen) atoms. The molecule has 0 saturated heterocycles. The lowest BCUT2D eigenvalue weighted by atomic mass is 9.93. The molecule has 144 valence electrons. The standard InChI is InChI=1S/C23H22ClNO3/c1-14-7-10-18(13-20(14)24)25-22(26)21(16-5-3-2-4-6-16)28-23(27)19-12-15-8-9-17(19)11-15/h2-10,13,15,17,19,21H,11-12H2,1H3,(H,25,26)/t15-,17+,19+,21-/m1/s1. The van der Waals surface area contributed by atoms with Gasteiger partial charge in [-0.1, -0.05) is 60.2 Å². The summed E-state index contributed by atoms with van der Waals surface area (Å²) in [6.07, 6.45) is 5.08. The number of carbonyl (C=O) groups excluding carboxylic acids is 2. The summed E-state index contributed by atoms with van der Waals surface area (Å²) in [5.41, 5.74) is 2.14. The lowest BCUT2D eigenvalue weighted by molar-refractivity contribution is -0.159. The normalized spacial score (nSPS) is 23.4. The number of fused-ring (bicyclic) bond motifs is 2. The van der Waals surface area contributed by atoms with Gasteiger partial charge in [0.15, 0.2) is 0 Å². The van der Waals surface area contributed by atoms with E-state index in [4.69, 9.17) is 16.3 Å². The Hall–Kier alpha value is -2.59. The largest absolute Gasteiger partial charge is 0.447 e. The van der Waals surface area contributed by atoms with Crippen LogP contribution in [-0.4, -0.2) is 11.9 Å². The van der Waals surface area contributed by atoms with Crippen molar-refractivity contribution in [1.29, 1.82) is 0 Å². The molecule has 0 aromatic heterocycles. The smallest absolute Gasteiger partial charge is 0.310 e. The van der Waals surface area contributed by atoms with Gasteiger partial charge in [0.2, 0.25) is 6.10 Å². The predicted molar refractivity (Wildman–Crippen MR) is 109 cm³/mol. The maximum absolute atomic E-state index is 13.0. The molecule has 4 atom stereocenters. The predicted octanol–water partition coefficient (Wildman–Crippen LogP) is 5.08. The highest BCUT2D eigenvalue weighted by atomic mass is 35.5. The van der Waals surface area contributed by atoms with Gasteiger partial charge in [-0.3, -0.25) is 9.59 Å². The van der Waals surface area contributed by atoms with Crippen LogP contribution in [0.15, 0.2) is 60.7 Å². The number of benzene rings is 2. The number of hydrogen-bond donors (Lipinski definition) is 1. The first kappa shape index (κ1) is 18.8. The zero-order valence-electron chi connectivity index (χ0n) is 15.6. The molecule has 2 aromatic carbocycles. The molecule has 0 radical (unpaired) electrons. The Labute approximate surface area is 169 Å². The Balaban J connectivity index is 1.53. The van der Waals surface area contributed by atoms with Gasteiger partial charge in [0, 0.05) is 16.3 Å². The van der Waals surface area contributed by atoms with E-state index in [9.17, 15) is 9.59 Å². The van der Waals surface area contributed by atoms with Crippen LogP contribution in [0.4, 0.5) is 5.69 Å². The summed E-state index contributed by atoms with van der Waals surface area (Å²) in [5, 5.41) is 3.39. The molecule has 0 unspecified atom stereocenters. The molecule has 4 rings (SSSR count). The maximum Gasteiger partial charge on any atom is 0.310 e. The highest BCUT2D eigenvalue weighted by Crippen LogP contribution is 2.44. The minimum atomic E-state index is -1.00. The number of rotatable bonds is 5. The fourth-order valence-electron chi connectivity index (χ4n) is 4.03. The zero-order valence-corrected chi connectivity index (χ0v) is 16.4. The zero-order chi connectivity index (χ0) is 19.7. The Morgan fingerprint density at radius 1 is 1.11 bits per heavy atom. The summed E-state index contributed by atoms with van der Waals surface area (Å²) >= 11 is 6.16. The molecule has 0 spiro atoms. The Morgan fingerprint density at radius 2 is 1.89 bits per heavy atom. The van der Waals surface area contributed by atoms with E-state index in [1.54, 1.807) is 24.3 Å². The number of amides is 1. The van der Waals surface area contributed by atoms with Crippen LogP contribution in [0.25, 0.3) is 0 Å². The number of halogens is 1. The molecule has 2 aromatic rings. The maximum atomic E-state index is 13.0. The Morgan fingerprint density at radius 3 is 2.54 bits per heavy atom. The van der Waals surface area contributed by atoms with E-state index in [2.05, 4.69) is 17.5 Å². The number of carbonyl (C=O) groups is 2. The van der Waals surface area contributed by atoms with Crippen LogP contribution in [0.3, 0.4) is 0 Å². The third-order valence-electron chi connectivity index (χ3n) is 5.60. The van der Waals surface area contributed by atoms with Crippen LogP contribution in [0.5, 0.6) is 0 Å². The molecule has 4 nitrogen and oxygen atoms in total. The monoisotopic (exact) mass is 395 g/mol. The molecule has 2 aliphatic rings. The van der Waals surface area contributed by atoms with E-state index in [0.717, 1.165) is 18.4 Å². The van der Waals surface area contributed by atoms with Crippen LogP contribution in [-0.2, 0) is 14.3 Å². The number of aryl methyl sites for hydroxylation is 1. The topological polar surface area (TPSA) is 55.4 Å². The average molecular weight is 396 g/mol. The van der Waals surface area contributed by atoms with Crippen molar-refractivity contribution in [2.24, 2.45) is 17.8 Å². The third kappa shape index (κ3) is 3.83. The van der Waals surface area contributed by atoms with Gasteiger partial charge in [-0.15, -0.1) is 0 Å². The van der Waals surface area contributed by atoms with E-state index >= 15 is 0 Å². The van der Waals surface area contributed by atoms with Gasteiger partial charge in [0.25, 0.3) is 5.91 Å². The van der Waals surface area contributed by atoms with Crippen LogP contribution in [0, 0.1) is 24.7 Å². The molecule has 1 fully saturated rings. The number of allylic oxidation sites excluding steroid dienone is 2. The SMILES string of the molecule is Cc1ccc(NC(=O)[C@H](OC(=O)[C@H]2C[C@@H]3C=C[C@H]2C3)c2ccccc2)cc1Cl. The van der Waals surface area contributed by atoms with Gasteiger partial charge in [-0.25, -0.2) is 0 Å². The molecular weight excluding hydrogens is 374 g/mol. The fraction of sp³-hybridized carbons (Fsp3) is 0.304. The first-order valence-corrected chi connectivity index (χ1v) is 9.90. The summed E-state index contributed by atoms with van der Waals surface area (Å²) in [6, 6.07) is 14.4. The van der Waals surface area contributed by atoms with E-state index in [-0.39, 0.29) is 17.8 Å². The number of ether oxygens (including phenoxy) is 1. The van der Waals surface area contributed by atoms with Crippen LogP contribution < -0.4 is 5.32 Å². The van der Waals surface area contributed by atoms with Crippen molar-refractivity contribution >= 4 is 29.2 Å². The summed E-state index contributed by atoms with van der Waals surface area (Å²) < 4.78 is 5.74. The van der Waals surface area contributed by atoms with Gasteiger partial charge in [-0.05, 0) is 49.3 Å². The number of anilines is 1. The molecule has 1 N–H and O–H groups in total. The highest BCUT2D eigenvalue weighted by Gasteiger charge is 2.42. The minimum absolute atomic E-state index is 0.164. The average Bonchev–Trinajstić information content (AvgIpc) is 3.33. The number of esters is 1. The van der Waals surface area contributed by atoms with Crippen molar-refractivity contribution in [3.05, 3.63) is 76.8 Å². The second-order valence-electron chi connectivity index (χ2n) is 7.57. The van der Waals surface area contributed by atoms with Crippen LogP contribution >= 0.6 is 11.6 Å². The molecule has 1 amide bonds. The van der Waals surface area contributed by atoms with E-state index in [1.165, 1.54) is 0 Å². The van der Waals surface area contributed by atoms with Gasteiger partial charge >= 0.3 is 5.97 Å².